The van der Waals surface area contributed by atoms with Gasteiger partial charge in [0.1, 0.15) is 5.82 Å². The first-order valence-corrected chi connectivity index (χ1v) is 9.11. The molecule has 3 aromatic rings. The number of aliphatic imine (C=N–C) groups is 1. The molecule has 1 aliphatic heterocycles. The van der Waals surface area contributed by atoms with Crippen molar-refractivity contribution in [2.24, 2.45) is 4.99 Å². The average molecular weight is 452 g/mol. The maximum atomic E-state index is 14.5. The average Bonchev–Trinajstić information content (AvgIpc) is 2.92. The Morgan fingerprint density at radius 2 is 2.04 bits per heavy atom. The van der Waals surface area contributed by atoms with Gasteiger partial charge < -0.3 is 0 Å². The summed E-state index contributed by atoms with van der Waals surface area (Å²) < 4.78 is 17.0. The number of halogens is 3. The quantitative estimate of drug-likeness (QED) is 0.503. The number of rotatable bonds is 1. The van der Waals surface area contributed by atoms with E-state index in [1.165, 1.54) is 6.07 Å². The molecule has 0 amide bonds. The lowest BCUT2D eigenvalue weighted by atomic mass is 9.85. The van der Waals surface area contributed by atoms with Crippen LogP contribution in [0.5, 0.6) is 0 Å². The van der Waals surface area contributed by atoms with Gasteiger partial charge in [-0.25, -0.2) is 13.9 Å². The van der Waals surface area contributed by atoms with Gasteiger partial charge in [-0.3, -0.25) is 4.99 Å². The monoisotopic (exact) mass is 450 g/mol. The third-order valence-electron chi connectivity index (χ3n) is 4.17. The lowest BCUT2D eigenvalue weighted by molar-refractivity contribution is 0.488. The summed E-state index contributed by atoms with van der Waals surface area (Å²) in [7, 11) is 0. The molecule has 0 spiro atoms. The number of hydrogen-bond acceptors (Lipinski definition) is 3. The van der Waals surface area contributed by atoms with Crippen LogP contribution in [0.25, 0.3) is 5.65 Å². The molecule has 1 aliphatic rings. The molecule has 0 bridgehead atoms. The summed E-state index contributed by atoms with van der Waals surface area (Å²) >= 11 is 7.03. The van der Waals surface area contributed by atoms with Crippen molar-refractivity contribution in [2.75, 3.05) is 0 Å². The molecule has 0 aliphatic carbocycles. The zero-order valence-corrected chi connectivity index (χ0v) is 16.1. The molecule has 0 saturated carbocycles. The Labute approximate surface area is 155 Å². The van der Waals surface area contributed by atoms with Crippen LogP contribution in [0.1, 0.15) is 35.4 Å². The fourth-order valence-electron chi connectivity index (χ4n) is 2.95. The Bertz CT molecular complexity index is 993. The van der Waals surface area contributed by atoms with Crippen LogP contribution in [-0.2, 0) is 0 Å². The molecular formula is C17H13Br2FN4. The predicted octanol–water partition coefficient (Wildman–Crippen LogP) is 4.70. The van der Waals surface area contributed by atoms with Gasteiger partial charge >= 0.3 is 0 Å². The molecule has 122 valence electrons. The van der Waals surface area contributed by atoms with Crippen LogP contribution in [-0.4, -0.2) is 25.8 Å². The van der Waals surface area contributed by atoms with Crippen LogP contribution < -0.4 is 0 Å². The molecule has 4 rings (SSSR count). The molecular weight excluding hydrogens is 439 g/mol. The van der Waals surface area contributed by atoms with E-state index in [-0.39, 0.29) is 10.6 Å². The van der Waals surface area contributed by atoms with E-state index in [4.69, 9.17) is 4.99 Å². The van der Waals surface area contributed by atoms with Gasteiger partial charge in [-0.1, -0.05) is 28.1 Å². The lowest BCUT2D eigenvalue weighted by Crippen LogP contribution is -2.32. The number of hydrogen-bond donors (Lipinski definition) is 0. The van der Waals surface area contributed by atoms with E-state index in [2.05, 4.69) is 41.9 Å². The summed E-state index contributed by atoms with van der Waals surface area (Å²) in [6.07, 6.45) is 5.31. The third-order valence-corrected chi connectivity index (χ3v) is 6.31. The van der Waals surface area contributed by atoms with Gasteiger partial charge in [0.15, 0.2) is 5.65 Å². The Kier molecular flexibility index (Phi) is 3.61. The topological polar surface area (TPSA) is 42.5 Å². The second-order valence-corrected chi connectivity index (χ2v) is 8.05. The number of alkyl halides is 1. The van der Waals surface area contributed by atoms with Crippen molar-refractivity contribution in [3.8, 4) is 0 Å². The van der Waals surface area contributed by atoms with Gasteiger partial charge in [-0.2, -0.15) is 5.10 Å². The molecule has 0 N–H and O–H groups in total. The Morgan fingerprint density at radius 1 is 1.25 bits per heavy atom. The second-order valence-electron chi connectivity index (χ2n) is 6.28. The molecule has 0 radical (unpaired) electrons. The first-order chi connectivity index (χ1) is 11.4. The Morgan fingerprint density at radius 3 is 2.83 bits per heavy atom. The van der Waals surface area contributed by atoms with E-state index in [0.717, 1.165) is 27.0 Å². The highest BCUT2D eigenvalue weighted by molar-refractivity contribution is 9.10. The molecule has 24 heavy (non-hydrogen) atoms. The minimum absolute atomic E-state index is 0.194. The summed E-state index contributed by atoms with van der Waals surface area (Å²) in [5, 5.41) is 4.27. The zero-order valence-electron chi connectivity index (χ0n) is 13.0. The molecule has 0 saturated heterocycles. The van der Waals surface area contributed by atoms with Crippen LogP contribution in [0, 0.1) is 5.82 Å². The van der Waals surface area contributed by atoms with Crippen molar-refractivity contribution < 1.29 is 4.39 Å². The van der Waals surface area contributed by atoms with Crippen LogP contribution in [0.4, 0.5) is 4.39 Å². The molecule has 0 fully saturated rings. The highest BCUT2D eigenvalue weighted by Gasteiger charge is 2.37. The molecule has 2 aromatic heterocycles. The highest BCUT2D eigenvalue weighted by atomic mass is 79.9. The van der Waals surface area contributed by atoms with Crippen molar-refractivity contribution in [1.29, 1.82) is 0 Å². The van der Waals surface area contributed by atoms with E-state index in [0.29, 0.717) is 5.56 Å². The van der Waals surface area contributed by atoms with Crippen molar-refractivity contribution in [2.45, 2.75) is 24.2 Å². The first-order valence-electron chi connectivity index (χ1n) is 7.40. The minimum Gasteiger partial charge on any atom is -0.276 e. The number of aromatic nitrogens is 3. The minimum atomic E-state index is -0.482. The van der Waals surface area contributed by atoms with Gasteiger partial charge in [0.2, 0.25) is 0 Å². The summed E-state index contributed by atoms with van der Waals surface area (Å²) in [5.41, 5.74) is 3.19. The van der Waals surface area contributed by atoms with Gasteiger partial charge in [-0.15, -0.1) is 0 Å². The first kappa shape index (κ1) is 15.9. The number of nitrogens with zero attached hydrogens (tertiary/aromatic N) is 4. The van der Waals surface area contributed by atoms with Crippen LogP contribution in [0.15, 0.2) is 46.3 Å². The maximum Gasteiger partial charge on any atom is 0.169 e. The Hall–Kier alpha value is -1.60. The third kappa shape index (κ3) is 2.33. The highest BCUT2D eigenvalue weighted by Crippen LogP contribution is 2.44. The summed E-state index contributed by atoms with van der Waals surface area (Å²) in [4.78, 5) is 9.12. The van der Waals surface area contributed by atoms with E-state index < -0.39 is 5.54 Å². The summed E-state index contributed by atoms with van der Waals surface area (Å²) in [6.45, 7) is 3.97. The van der Waals surface area contributed by atoms with E-state index >= 15 is 0 Å². The van der Waals surface area contributed by atoms with Crippen molar-refractivity contribution in [1.82, 2.24) is 14.6 Å². The number of fused-ring (bicyclic) bond motifs is 2. The molecule has 1 unspecified atom stereocenters. The molecule has 1 atom stereocenters. The van der Waals surface area contributed by atoms with Gasteiger partial charge in [0, 0.05) is 29.1 Å². The van der Waals surface area contributed by atoms with E-state index in [9.17, 15) is 4.39 Å². The van der Waals surface area contributed by atoms with Gasteiger partial charge in [-0.05, 0) is 35.8 Å². The molecule has 4 nitrogen and oxygen atoms in total. The lowest BCUT2D eigenvalue weighted by Gasteiger charge is -2.34. The van der Waals surface area contributed by atoms with Crippen molar-refractivity contribution >= 4 is 43.2 Å². The van der Waals surface area contributed by atoms with Crippen LogP contribution in [0.3, 0.4) is 0 Å². The summed E-state index contributed by atoms with van der Waals surface area (Å²) in [5.74, 6) is -0.231. The largest absolute Gasteiger partial charge is 0.276 e. The number of benzene rings is 1. The Balaban J connectivity index is 1.97. The molecule has 3 heterocycles. The fraction of sp³-hybridized carbons (Fsp3) is 0.235. The maximum absolute atomic E-state index is 14.5. The second kappa shape index (κ2) is 5.46. The SMILES string of the molecule is CC1(C)N=C(c2cnc3c(Br)cnn3c2)c2cccc(F)c2C1Br. The van der Waals surface area contributed by atoms with E-state index in [1.54, 1.807) is 23.0 Å². The normalized spacial score (nSPS) is 19.2. The van der Waals surface area contributed by atoms with Gasteiger partial charge in [0.25, 0.3) is 0 Å². The zero-order chi connectivity index (χ0) is 17.1. The van der Waals surface area contributed by atoms with Crippen molar-refractivity contribution in [3.05, 3.63) is 63.8 Å². The van der Waals surface area contributed by atoms with Gasteiger partial charge in [0.05, 0.1) is 26.7 Å². The van der Waals surface area contributed by atoms with Crippen molar-refractivity contribution in [3.63, 3.8) is 0 Å². The van der Waals surface area contributed by atoms with Crippen LogP contribution in [0.2, 0.25) is 0 Å². The fourth-order valence-corrected chi connectivity index (χ4v) is 3.89. The molecule has 7 heteroatoms. The summed E-state index contributed by atoms with van der Waals surface area (Å²) in [6, 6.07) is 5.08. The predicted molar refractivity (Wildman–Crippen MR) is 98.5 cm³/mol. The smallest absolute Gasteiger partial charge is 0.169 e. The van der Waals surface area contributed by atoms with E-state index in [1.807, 2.05) is 26.1 Å². The molecule has 1 aromatic carbocycles. The van der Waals surface area contributed by atoms with Crippen LogP contribution >= 0.6 is 31.9 Å². The standard InChI is InChI=1S/C17H13Br2FN4/c1-17(2)15(19)13-10(4-3-5-12(13)20)14(23-17)9-6-21-16-11(18)7-22-24(16)8-9/h3-8,15H,1-2H3.